The molecule has 3 nitrogen and oxygen atoms in total. The molecule has 0 saturated heterocycles. The number of anilines is 1. The summed E-state index contributed by atoms with van der Waals surface area (Å²) in [4.78, 5) is 4.64. The van der Waals surface area contributed by atoms with Crippen LogP contribution >= 0.6 is 11.6 Å². The number of nitrogens with zero attached hydrogens (tertiary/aromatic N) is 1. The summed E-state index contributed by atoms with van der Waals surface area (Å²) in [6.07, 6.45) is 2.39. The van der Waals surface area contributed by atoms with Gasteiger partial charge in [-0.3, -0.25) is 0 Å². The molecule has 1 aliphatic rings. The minimum Gasteiger partial charge on any atom is -0.494 e. The fourth-order valence-electron chi connectivity index (χ4n) is 2.08. The minimum atomic E-state index is 0.561. The van der Waals surface area contributed by atoms with Gasteiger partial charge in [-0.25, -0.2) is 4.98 Å². The molecule has 2 N–H and O–H groups in total. The Morgan fingerprint density at radius 1 is 1.41 bits per heavy atom. The summed E-state index contributed by atoms with van der Waals surface area (Å²) in [6, 6.07) is 5.55. The lowest BCUT2D eigenvalue weighted by atomic mass is 10.1. The van der Waals surface area contributed by atoms with Crippen LogP contribution in [0.3, 0.4) is 0 Å². The molecule has 0 spiro atoms. The molecule has 3 rings (SSSR count). The summed E-state index contributed by atoms with van der Waals surface area (Å²) < 4.78 is 5.32. The predicted molar refractivity (Wildman–Crippen MR) is 69.7 cm³/mol. The van der Waals surface area contributed by atoms with Crippen LogP contribution in [-0.4, -0.2) is 12.1 Å². The van der Waals surface area contributed by atoms with Gasteiger partial charge in [0.1, 0.15) is 11.3 Å². The van der Waals surface area contributed by atoms with Crippen LogP contribution in [0.4, 0.5) is 5.69 Å². The number of nitrogens with two attached hydrogens (primary N) is 1. The SMILES string of the molecule is COc1ccc(Cl)c2c(N)cc(C3CC3)nc12. The summed E-state index contributed by atoms with van der Waals surface area (Å²) in [7, 11) is 1.63. The van der Waals surface area contributed by atoms with E-state index in [1.165, 1.54) is 12.8 Å². The van der Waals surface area contributed by atoms with Crippen molar-refractivity contribution >= 4 is 28.2 Å². The Hall–Kier alpha value is -1.48. The molecule has 1 aromatic heterocycles. The third-order valence-electron chi connectivity index (χ3n) is 3.14. The number of ether oxygens (including phenoxy) is 1. The van der Waals surface area contributed by atoms with Crippen molar-refractivity contribution in [3.05, 3.63) is 28.9 Å². The van der Waals surface area contributed by atoms with Crippen molar-refractivity contribution in [2.45, 2.75) is 18.8 Å². The largest absolute Gasteiger partial charge is 0.494 e. The average molecular weight is 249 g/mol. The first kappa shape index (κ1) is 10.7. The maximum absolute atomic E-state index is 6.16. The number of fused-ring (bicyclic) bond motifs is 1. The van der Waals surface area contributed by atoms with E-state index >= 15 is 0 Å². The summed E-state index contributed by atoms with van der Waals surface area (Å²) in [5.41, 5.74) is 8.57. The number of benzene rings is 1. The first-order valence-electron chi connectivity index (χ1n) is 5.63. The Bertz CT molecular complexity index is 593. The van der Waals surface area contributed by atoms with E-state index in [4.69, 9.17) is 22.1 Å². The molecule has 2 aromatic rings. The molecule has 17 heavy (non-hydrogen) atoms. The maximum Gasteiger partial charge on any atom is 0.145 e. The molecule has 0 aliphatic heterocycles. The smallest absolute Gasteiger partial charge is 0.145 e. The number of nitrogen functional groups attached to an aromatic ring is 1. The highest BCUT2D eigenvalue weighted by Crippen LogP contribution is 2.42. The van der Waals surface area contributed by atoms with Gasteiger partial charge >= 0.3 is 0 Å². The lowest BCUT2D eigenvalue weighted by Gasteiger charge is -2.10. The standard InChI is InChI=1S/C13H13ClN2O/c1-17-11-5-4-8(14)12-9(15)6-10(7-2-3-7)16-13(11)12/h4-7H,2-3H2,1H3,(H2,15,16). The number of methoxy groups -OCH3 is 1. The van der Waals surface area contributed by atoms with Gasteiger partial charge in [0.15, 0.2) is 0 Å². The molecular weight excluding hydrogens is 236 g/mol. The number of hydrogen-bond acceptors (Lipinski definition) is 3. The molecular formula is C13H13ClN2O. The summed E-state index contributed by atoms with van der Waals surface area (Å²) in [5, 5.41) is 1.41. The van der Waals surface area contributed by atoms with E-state index in [1.807, 2.05) is 12.1 Å². The highest BCUT2D eigenvalue weighted by Gasteiger charge is 2.26. The van der Waals surface area contributed by atoms with Crippen LogP contribution in [0.2, 0.25) is 5.02 Å². The fourth-order valence-corrected chi connectivity index (χ4v) is 2.34. The van der Waals surface area contributed by atoms with Crippen molar-refractivity contribution in [1.82, 2.24) is 4.98 Å². The van der Waals surface area contributed by atoms with Crippen LogP contribution in [0.25, 0.3) is 10.9 Å². The predicted octanol–water partition coefficient (Wildman–Crippen LogP) is 3.36. The van der Waals surface area contributed by atoms with E-state index in [2.05, 4.69) is 4.98 Å². The highest BCUT2D eigenvalue weighted by molar-refractivity contribution is 6.36. The van der Waals surface area contributed by atoms with Gasteiger partial charge in [0.2, 0.25) is 0 Å². The minimum absolute atomic E-state index is 0.561. The van der Waals surface area contributed by atoms with Gasteiger partial charge in [-0.1, -0.05) is 11.6 Å². The van der Waals surface area contributed by atoms with Crippen molar-refractivity contribution in [3.8, 4) is 5.75 Å². The number of halogens is 1. The zero-order valence-corrected chi connectivity index (χ0v) is 10.3. The summed E-state index contributed by atoms with van der Waals surface area (Å²) in [5.74, 6) is 1.28. The van der Waals surface area contributed by atoms with Gasteiger partial charge in [0.05, 0.1) is 12.1 Å². The van der Waals surface area contributed by atoms with Gasteiger partial charge in [0.25, 0.3) is 0 Å². The molecule has 1 fully saturated rings. The second-order valence-corrected chi connectivity index (χ2v) is 4.79. The van der Waals surface area contributed by atoms with Crippen LogP contribution in [0.15, 0.2) is 18.2 Å². The lowest BCUT2D eigenvalue weighted by molar-refractivity contribution is 0.419. The number of rotatable bonds is 2. The molecule has 0 bridgehead atoms. The lowest BCUT2D eigenvalue weighted by Crippen LogP contribution is -1.97. The highest BCUT2D eigenvalue weighted by atomic mass is 35.5. The van der Waals surface area contributed by atoms with E-state index in [9.17, 15) is 0 Å². The number of pyridine rings is 1. The van der Waals surface area contributed by atoms with Gasteiger partial charge in [-0.15, -0.1) is 0 Å². The van der Waals surface area contributed by atoms with Crippen molar-refractivity contribution in [2.24, 2.45) is 0 Å². The molecule has 1 aromatic carbocycles. The normalized spacial score (nSPS) is 15.2. The molecule has 0 amide bonds. The van der Waals surface area contributed by atoms with Crippen LogP contribution in [0, 0.1) is 0 Å². The summed E-state index contributed by atoms with van der Waals surface area (Å²) >= 11 is 6.16. The number of hydrogen-bond donors (Lipinski definition) is 1. The van der Waals surface area contributed by atoms with Gasteiger partial charge in [-0.2, -0.15) is 0 Å². The zero-order valence-electron chi connectivity index (χ0n) is 9.53. The number of aromatic nitrogens is 1. The topological polar surface area (TPSA) is 48.1 Å². The first-order valence-corrected chi connectivity index (χ1v) is 6.01. The van der Waals surface area contributed by atoms with Crippen molar-refractivity contribution < 1.29 is 4.74 Å². The molecule has 1 aliphatic carbocycles. The molecule has 1 heterocycles. The maximum atomic E-state index is 6.16. The van der Waals surface area contributed by atoms with Gasteiger partial charge in [0, 0.05) is 22.7 Å². The third-order valence-corrected chi connectivity index (χ3v) is 3.45. The molecule has 0 radical (unpaired) electrons. The second-order valence-electron chi connectivity index (χ2n) is 4.38. The Balaban J connectivity index is 2.33. The van der Waals surface area contributed by atoms with Crippen LogP contribution in [0.1, 0.15) is 24.5 Å². The van der Waals surface area contributed by atoms with E-state index in [1.54, 1.807) is 13.2 Å². The molecule has 0 unspecified atom stereocenters. The average Bonchev–Trinajstić information content (AvgIpc) is 3.12. The van der Waals surface area contributed by atoms with Gasteiger partial charge < -0.3 is 10.5 Å². The quantitative estimate of drug-likeness (QED) is 0.887. The van der Waals surface area contributed by atoms with Crippen molar-refractivity contribution in [2.75, 3.05) is 12.8 Å². The first-order chi connectivity index (χ1) is 8.20. The Morgan fingerprint density at radius 2 is 2.18 bits per heavy atom. The van der Waals surface area contributed by atoms with Crippen LogP contribution < -0.4 is 10.5 Å². The Labute approximate surface area is 105 Å². The fraction of sp³-hybridized carbons (Fsp3) is 0.308. The van der Waals surface area contributed by atoms with Crippen molar-refractivity contribution in [3.63, 3.8) is 0 Å². The van der Waals surface area contributed by atoms with Crippen LogP contribution in [0.5, 0.6) is 5.75 Å². The second kappa shape index (κ2) is 3.77. The molecule has 88 valence electrons. The van der Waals surface area contributed by atoms with Crippen molar-refractivity contribution in [1.29, 1.82) is 0 Å². The molecule has 4 heteroatoms. The third kappa shape index (κ3) is 1.71. The summed E-state index contributed by atoms with van der Waals surface area (Å²) in [6.45, 7) is 0. The van der Waals surface area contributed by atoms with E-state index in [0.717, 1.165) is 22.3 Å². The molecule has 0 atom stereocenters. The van der Waals surface area contributed by atoms with Crippen LogP contribution in [-0.2, 0) is 0 Å². The molecule has 1 saturated carbocycles. The van der Waals surface area contributed by atoms with E-state index < -0.39 is 0 Å². The van der Waals surface area contributed by atoms with Gasteiger partial charge in [-0.05, 0) is 31.0 Å². The van der Waals surface area contributed by atoms with E-state index in [-0.39, 0.29) is 0 Å². The Morgan fingerprint density at radius 3 is 2.82 bits per heavy atom. The monoisotopic (exact) mass is 248 g/mol. The Kier molecular flexibility index (Phi) is 2.37. The zero-order chi connectivity index (χ0) is 12.0. The van der Waals surface area contributed by atoms with E-state index in [0.29, 0.717) is 16.6 Å².